The molecule has 4 N–H and O–H groups in total. The summed E-state index contributed by atoms with van der Waals surface area (Å²) >= 11 is 0. The Morgan fingerprint density at radius 1 is 0.366 bits per heavy atom. The van der Waals surface area contributed by atoms with E-state index in [0.717, 1.165) is 146 Å². The highest BCUT2D eigenvalue weighted by Gasteiger charge is 2.73. The predicted octanol–water partition coefficient (Wildman–Crippen LogP) is 23.5. The second kappa shape index (κ2) is 41.9. The molecular weight excluding hydrogens is 1710 g/mol. The number of Topliss-reactive ketones (excluding diaryl/α,β-unsaturated/α-hetero) is 1. The van der Waals surface area contributed by atoms with Gasteiger partial charge < -0.3 is 63.1 Å². The molecule has 0 aliphatic heterocycles. The summed E-state index contributed by atoms with van der Waals surface area (Å²) in [6, 6.07) is 0. The van der Waals surface area contributed by atoms with Crippen LogP contribution in [0.15, 0.2) is 0 Å². The quantitative estimate of drug-likeness (QED) is 0.0218. The van der Waals surface area contributed by atoms with E-state index in [2.05, 4.69) is 116 Å². The first-order valence-corrected chi connectivity index (χ1v) is 54.3. The first-order chi connectivity index (χ1) is 63.1. The molecule has 0 amide bonds. The molecule has 16 aliphatic rings. The van der Waals surface area contributed by atoms with Gasteiger partial charge in [0.05, 0.1) is 51.8 Å². The monoisotopic (exact) mass is 1900 g/mol. The number of fused-ring (bicyclic) bond motifs is 20. The number of hydrogen-bond donors (Lipinski definition) is 4. The van der Waals surface area contributed by atoms with Crippen molar-refractivity contribution < 1.29 is 105 Å². The maximum absolute atomic E-state index is 15.1. The van der Waals surface area contributed by atoms with Gasteiger partial charge in [-0.1, -0.05) is 176 Å². The van der Waals surface area contributed by atoms with Crippen LogP contribution in [0, 0.1) is 227 Å². The van der Waals surface area contributed by atoms with Crippen LogP contribution in [0.5, 0.6) is 0 Å². The Balaban J connectivity index is 0.000000152. The number of halogens is 4. The standard InChI is InChI=1S/C29H48F2O4.C29H50O5.C29H48O5.C25H40F2O4/c1-8-19-23-15-17(2)11-13-28(23,5)22-12-14-27(4)20(18(3)29(30,31)26(32)34-7)9-10-21(27)24(22)25(19)35-16-33-6;2*1-8-19-23-15-17(2)11-13-29(23,5)22-12-14-28(4)20(18(3)25(30)27(31)33-7)9-10-21(28)24(22)26(19)34-16-32-6;1-5-15-19-12-14(28)8-10-24(19,4)18-9-11-23(3)16(13(2)25(26,27)22(30)31)6-7-17(23)20(18)21(15)29/h17-25H,8-16H2,1-7H3;17-26,30H,8-16H2,1-7H3;17-24,26H,8-16H2,1-7H3;13-21,28-29H,5-12H2,1-4H3,(H,30,31)/t17-,18+,19-,20-,21?,22?,23+,24?,25-,27-,28-;17-,18+,19-,20-,21?,22?,23+,24?,25?,26-,28-,29-;17-,18+,19-,20-,21?,22?,23+,24?,26-,28-,29-;13-,14+,15+,16+,17?,18?,19-,20?,21+,23+,24+/m1110/s1. The molecule has 13 unspecified atom stereocenters. The third-order valence-electron chi connectivity index (χ3n) is 45.8. The lowest BCUT2D eigenvalue weighted by atomic mass is 9.41. The van der Waals surface area contributed by atoms with Crippen LogP contribution in [-0.2, 0) is 66.6 Å². The summed E-state index contributed by atoms with van der Waals surface area (Å²) in [5.74, 6) is -3.08. The molecular formula is C112H186F4O18. The molecule has 770 valence electrons. The number of alkyl halides is 4. The van der Waals surface area contributed by atoms with E-state index in [1.807, 2.05) is 6.92 Å². The number of esters is 3. The van der Waals surface area contributed by atoms with Gasteiger partial charge in [0.15, 0.2) is 6.10 Å². The zero-order chi connectivity index (χ0) is 98.4. The number of carboxylic acids is 1. The number of carbonyl (C=O) groups is 5. The Bertz CT molecular complexity index is 3960. The molecule has 45 atom stereocenters. The van der Waals surface area contributed by atoms with E-state index in [9.17, 15) is 48.1 Å². The molecule has 0 spiro atoms. The average Bonchev–Trinajstić information content (AvgIpc) is 1.30. The maximum atomic E-state index is 15.1. The zero-order valence-electron chi connectivity index (χ0n) is 87.6. The summed E-state index contributed by atoms with van der Waals surface area (Å²) in [7, 11) is 8.88. The van der Waals surface area contributed by atoms with Crippen molar-refractivity contribution in [2.75, 3.05) is 63.0 Å². The highest BCUT2D eigenvalue weighted by Crippen LogP contribution is 2.77. The predicted molar refractivity (Wildman–Crippen MR) is 510 cm³/mol. The topological polar surface area (TPSA) is 249 Å². The van der Waals surface area contributed by atoms with Crippen LogP contribution in [-0.4, -0.2) is 162 Å². The lowest BCUT2D eigenvalue weighted by Gasteiger charge is -2.65. The molecule has 0 heterocycles. The number of aliphatic hydroxyl groups is 3. The second-order valence-electron chi connectivity index (χ2n) is 50.6. The molecule has 0 saturated heterocycles. The fourth-order valence-electron chi connectivity index (χ4n) is 39.1. The Morgan fingerprint density at radius 3 is 1.01 bits per heavy atom. The van der Waals surface area contributed by atoms with E-state index >= 15 is 8.78 Å². The molecule has 0 aromatic carbocycles. The average molecular weight is 1900 g/mol. The van der Waals surface area contributed by atoms with Gasteiger partial charge >= 0.3 is 35.7 Å². The molecule has 0 radical (unpaired) electrons. The third kappa shape index (κ3) is 18.4. The molecule has 0 bridgehead atoms. The highest BCUT2D eigenvalue weighted by molar-refractivity contribution is 6.34. The Kier molecular flexibility index (Phi) is 33.8. The summed E-state index contributed by atoms with van der Waals surface area (Å²) in [6.45, 7) is 43.7. The SMILES string of the molecule is CC[C@H]1[C@@H](O)C2C3CC[C@H]([C@H](C)C(F)(F)C(=O)O)[C@@]3(C)CCC2[C@@]2(C)CC[C@@H](O)C[C@@H]12.CC[C@H]1[C@@H](OCOC)C2C3CC[C@H]([C@H](C)C(=O)C(=O)OC)[C@@]3(C)CCC2[C@@]2(C)CC[C@@H](C)C[C@@H]12.CC[C@H]1[C@@H](OCOC)C2C3CC[C@H]([C@H](C)C(F)(F)C(=O)OC)[C@@]3(C)CCC2[C@@]2(C)CC[C@@H](C)C[C@@H]12.CC[C@H]1[C@@H](OCOC)C2C3CC[C@H]([C@H](C)C(O)C(=O)OC)[C@@]3(C)CCC2[C@@]2(C)CC[C@@H](C)C[C@@H]12. The number of rotatable bonds is 25. The lowest BCUT2D eigenvalue weighted by molar-refractivity contribution is -0.234. The Labute approximate surface area is 805 Å². The van der Waals surface area contributed by atoms with Crippen LogP contribution in [0.3, 0.4) is 0 Å². The third-order valence-corrected chi connectivity index (χ3v) is 45.8. The Hall–Kier alpha value is -3.09. The van der Waals surface area contributed by atoms with Gasteiger partial charge in [0, 0.05) is 39.1 Å². The van der Waals surface area contributed by atoms with Crippen LogP contribution >= 0.6 is 0 Å². The largest absolute Gasteiger partial charge is 0.477 e. The van der Waals surface area contributed by atoms with Crippen molar-refractivity contribution in [3.8, 4) is 0 Å². The van der Waals surface area contributed by atoms with E-state index in [1.165, 1.54) is 105 Å². The summed E-state index contributed by atoms with van der Waals surface area (Å²) in [4.78, 5) is 60.3. The number of carboxylic acid groups (broad SMARTS) is 1. The van der Waals surface area contributed by atoms with Gasteiger partial charge in [0.25, 0.3) is 0 Å². The summed E-state index contributed by atoms with van der Waals surface area (Å²) in [6.07, 6.45) is 33.3. The van der Waals surface area contributed by atoms with Gasteiger partial charge in [-0.15, -0.1) is 0 Å². The minimum absolute atomic E-state index is 0.0579. The van der Waals surface area contributed by atoms with Gasteiger partial charge in [-0.2, -0.15) is 17.6 Å². The van der Waals surface area contributed by atoms with Crippen molar-refractivity contribution in [2.45, 2.75) is 385 Å². The van der Waals surface area contributed by atoms with Crippen LogP contribution < -0.4 is 0 Å². The number of aliphatic carboxylic acids is 1. The molecule has 134 heavy (non-hydrogen) atoms. The summed E-state index contributed by atoms with van der Waals surface area (Å²) in [5, 5.41) is 41.8. The molecule has 16 saturated carbocycles. The lowest BCUT2D eigenvalue weighted by Crippen LogP contribution is -2.62. The van der Waals surface area contributed by atoms with Crippen LogP contribution in [0.1, 0.15) is 337 Å². The van der Waals surface area contributed by atoms with Crippen molar-refractivity contribution in [1.29, 1.82) is 0 Å². The van der Waals surface area contributed by atoms with E-state index in [4.69, 9.17) is 43.0 Å². The molecule has 0 aromatic rings. The second-order valence-corrected chi connectivity index (χ2v) is 50.6. The van der Waals surface area contributed by atoms with Crippen LogP contribution in [0.2, 0.25) is 0 Å². The summed E-state index contributed by atoms with van der Waals surface area (Å²) < 4.78 is 109. The van der Waals surface area contributed by atoms with E-state index in [-0.39, 0.29) is 117 Å². The van der Waals surface area contributed by atoms with Gasteiger partial charge in [-0.05, 0) is 370 Å². The fourth-order valence-corrected chi connectivity index (χ4v) is 39.1. The number of hydrogen-bond acceptors (Lipinski definition) is 17. The van der Waals surface area contributed by atoms with Crippen LogP contribution in [0.25, 0.3) is 0 Å². The van der Waals surface area contributed by atoms with Gasteiger partial charge in [0.2, 0.25) is 5.78 Å². The molecule has 16 rings (SSSR count). The molecule has 16 fully saturated rings. The fraction of sp³-hybridized carbons (Fsp3) is 0.955. The summed E-state index contributed by atoms with van der Waals surface area (Å²) in [5.41, 5.74) is 0.701. The number of aliphatic hydroxyl groups excluding tert-OH is 3. The van der Waals surface area contributed by atoms with Crippen molar-refractivity contribution in [1.82, 2.24) is 0 Å². The van der Waals surface area contributed by atoms with E-state index in [1.54, 1.807) is 28.3 Å². The first-order valence-electron chi connectivity index (χ1n) is 54.3. The smallest absolute Gasteiger partial charge is 0.377 e. The molecule has 18 nitrogen and oxygen atoms in total. The van der Waals surface area contributed by atoms with Crippen molar-refractivity contribution in [2.24, 2.45) is 227 Å². The molecule has 16 aliphatic carbocycles. The van der Waals surface area contributed by atoms with Crippen LogP contribution in [0.4, 0.5) is 17.6 Å². The van der Waals surface area contributed by atoms with Gasteiger partial charge in [-0.3, -0.25) is 4.79 Å². The van der Waals surface area contributed by atoms with E-state index in [0.29, 0.717) is 131 Å². The van der Waals surface area contributed by atoms with Crippen molar-refractivity contribution in [3.05, 3.63) is 0 Å². The number of ketones is 1. The Morgan fingerprint density at radius 2 is 0.672 bits per heavy atom. The first kappa shape index (κ1) is 108. The van der Waals surface area contributed by atoms with Gasteiger partial charge in [0.1, 0.15) is 20.4 Å². The van der Waals surface area contributed by atoms with Crippen molar-refractivity contribution in [3.63, 3.8) is 0 Å². The normalized spacial score (nSPS) is 47.8. The van der Waals surface area contributed by atoms with Gasteiger partial charge in [-0.25, -0.2) is 19.2 Å². The number of ether oxygens (including phenoxy) is 9. The minimum Gasteiger partial charge on any atom is -0.477 e. The molecule has 0 aromatic heterocycles. The van der Waals surface area contributed by atoms with Crippen molar-refractivity contribution >= 4 is 29.7 Å². The minimum atomic E-state index is -3.73. The zero-order valence-corrected chi connectivity index (χ0v) is 87.6. The maximum Gasteiger partial charge on any atom is 0.377 e. The number of carbonyl (C=O) groups excluding carboxylic acids is 4. The molecule has 22 heteroatoms. The number of methoxy groups -OCH3 is 6. The highest BCUT2D eigenvalue weighted by atomic mass is 19.3. The van der Waals surface area contributed by atoms with E-state index < -0.39 is 59.8 Å².